The Kier molecular flexibility index (Phi) is 5.04. The second-order valence-electron chi connectivity index (χ2n) is 6.63. The second-order valence-corrected chi connectivity index (χ2v) is 6.63. The van der Waals surface area contributed by atoms with Gasteiger partial charge in [-0.25, -0.2) is 0 Å². The lowest BCUT2D eigenvalue weighted by molar-refractivity contribution is -0.165. The summed E-state index contributed by atoms with van der Waals surface area (Å²) in [5.41, 5.74) is -0.458. The van der Waals surface area contributed by atoms with E-state index in [2.05, 4.69) is 0 Å². The van der Waals surface area contributed by atoms with Crippen LogP contribution in [0.1, 0.15) is 39.2 Å². The van der Waals surface area contributed by atoms with Gasteiger partial charge in [0.2, 0.25) is 0 Å². The molecule has 2 rings (SSSR count). The summed E-state index contributed by atoms with van der Waals surface area (Å²) in [5, 5.41) is 20.4. The quantitative estimate of drug-likeness (QED) is 0.845. The summed E-state index contributed by atoms with van der Waals surface area (Å²) in [6, 6.07) is 9.87. The van der Waals surface area contributed by atoms with Crippen LogP contribution in [-0.2, 0) is 16.1 Å². The van der Waals surface area contributed by atoms with Crippen LogP contribution in [0.25, 0.3) is 0 Å². The van der Waals surface area contributed by atoms with Crippen LogP contribution in [0.15, 0.2) is 30.3 Å². The van der Waals surface area contributed by atoms with Crippen LogP contribution in [-0.4, -0.2) is 40.2 Å². The molecule has 2 N–H and O–H groups in total. The third-order valence-corrected chi connectivity index (χ3v) is 4.19. The molecule has 4 nitrogen and oxygen atoms in total. The molecular weight excluding hydrogens is 268 g/mol. The van der Waals surface area contributed by atoms with Gasteiger partial charge in [0, 0.05) is 0 Å². The zero-order valence-corrected chi connectivity index (χ0v) is 13.1. The molecule has 3 atom stereocenters. The van der Waals surface area contributed by atoms with E-state index in [0.717, 1.165) is 18.4 Å². The van der Waals surface area contributed by atoms with Crippen LogP contribution in [0.5, 0.6) is 0 Å². The normalized spacial score (nSPS) is 27.8. The largest absolute Gasteiger partial charge is 0.388 e. The molecule has 118 valence electrons. The van der Waals surface area contributed by atoms with Crippen LogP contribution in [0.3, 0.4) is 0 Å². The Morgan fingerprint density at radius 1 is 1.38 bits per heavy atom. The predicted octanol–water partition coefficient (Wildman–Crippen LogP) is 2.27. The van der Waals surface area contributed by atoms with Crippen LogP contribution >= 0.6 is 0 Å². The van der Waals surface area contributed by atoms with Gasteiger partial charge in [0.15, 0.2) is 0 Å². The van der Waals surface area contributed by atoms with Crippen LogP contribution in [0.2, 0.25) is 0 Å². The average molecular weight is 294 g/mol. The van der Waals surface area contributed by atoms with E-state index in [1.54, 1.807) is 13.8 Å². The van der Waals surface area contributed by atoms with Crippen molar-refractivity contribution in [1.29, 1.82) is 0 Å². The highest BCUT2D eigenvalue weighted by atomic mass is 16.6. The van der Waals surface area contributed by atoms with Crippen molar-refractivity contribution in [2.24, 2.45) is 0 Å². The Balaban J connectivity index is 1.82. The number of benzene rings is 1. The number of hydrogen-bond acceptors (Lipinski definition) is 4. The van der Waals surface area contributed by atoms with Crippen molar-refractivity contribution in [3.05, 3.63) is 35.9 Å². The van der Waals surface area contributed by atoms with E-state index in [4.69, 9.17) is 9.47 Å². The monoisotopic (exact) mass is 294 g/mol. The van der Waals surface area contributed by atoms with Crippen molar-refractivity contribution in [2.75, 3.05) is 6.61 Å². The third-order valence-electron chi connectivity index (χ3n) is 4.19. The molecule has 0 aliphatic carbocycles. The van der Waals surface area contributed by atoms with Crippen molar-refractivity contribution in [2.45, 2.75) is 63.6 Å². The standard InChI is InChI=1S/C17H26O4/c1-16(2,19)15-9-10-17(3,21-15)14(18)12-20-11-13-7-5-4-6-8-13/h4-8,14-15,18-19H,9-12H2,1-3H3/t14-,15?,17+/m1/s1. The maximum Gasteiger partial charge on any atom is 0.106 e. The van der Waals surface area contributed by atoms with Gasteiger partial charge in [-0.15, -0.1) is 0 Å². The van der Waals surface area contributed by atoms with Gasteiger partial charge >= 0.3 is 0 Å². The second kappa shape index (κ2) is 6.44. The first-order valence-electron chi connectivity index (χ1n) is 7.51. The molecule has 1 saturated heterocycles. The molecule has 1 aromatic carbocycles. The van der Waals surface area contributed by atoms with Gasteiger partial charge in [-0.1, -0.05) is 30.3 Å². The minimum Gasteiger partial charge on any atom is -0.388 e. The van der Waals surface area contributed by atoms with E-state index in [0.29, 0.717) is 6.61 Å². The maximum atomic E-state index is 10.3. The van der Waals surface area contributed by atoms with Crippen molar-refractivity contribution in [3.8, 4) is 0 Å². The highest BCUT2D eigenvalue weighted by Gasteiger charge is 2.46. The minimum atomic E-state index is -0.887. The Morgan fingerprint density at radius 2 is 2.05 bits per heavy atom. The zero-order chi connectivity index (χ0) is 15.5. The summed E-state index contributed by atoms with van der Waals surface area (Å²) in [6.07, 6.45) is 0.521. The number of aliphatic hydroxyl groups excluding tert-OH is 1. The van der Waals surface area contributed by atoms with E-state index in [-0.39, 0.29) is 12.7 Å². The Morgan fingerprint density at radius 3 is 2.62 bits per heavy atom. The lowest BCUT2D eigenvalue weighted by Gasteiger charge is -2.33. The van der Waals surface area contributed by atoms with E-state index in [1.165, 1.54) is 0 Å². The molecule has 1 heterocycles. The summed E-state index contributed by atoms with van der Waals surface area (Å²) < 4.78 is 11.5. The molecule has 0 radical (unpaired) electrons. The zero-order valence-electron chi connectivity index (χ0n) is 13.1. The molecule has 0 bridgehead atoms. The number of rotatable bonds is 6. The van der Waals surface area contributed by atoms with Gasteiger partial charge in [0.05, 0.1) is 30.5 Å². The number of ether oxygens (including phenoxy) is 2. The summed E-state index contributed by atoms with van der Waals surface area (Å²) in [5.74, 6) is 0. The van der Waals surface area contributed by atoms with E-state index >= 15 is 0 Å². The fourth-order valence-corrected chi connectivity index (χ4v) is 2.64. The van der Waals surface area contributed by atoms with E-state index in [9.17, 15) is 10.2 Å². The Hall–Kier alpha value is -0.940. The van der Waals surface area contributed by atoms with Gasteiger partial charge in [-0.05, 0) is 39.2 Å². The topological polar surface area (TPSA) is 58.9 Å². The lowest BCUT2D eigenvalue weighted by Crippen LogP contribution is -2.45. The maximum absolute atomic E-state index is 10.3. The molecule has 1 fully saturated rings. The molecule has 0 spiro atoms. The first-order chi connectivity index (χ1) is 9.81. The highest BCUT2D eigenvalue weighted by molar-refractivity contribution is 5.13. The van der Waals surface area contributed by atoms with Crippen molar-refractivity contribution in [1.82, 2.24) is 0 Å². The summed E-state index contributed by atoms with van der Waals surface area (Å²) >= 11 is 0. The number of hydrogen-bond donors (Lipinski definition) is 2. The summed E-state index contributed by atoms with van der Waals surface area (Å²) in [6.45, 7) is 6.06. The lowest BCUT2D eigenvalue weighted by atomic mass is 9.94. The van der Waals surface area contributed by atoms with Crippen molar-refractivity contribution < 1.29 is 19.7 Å². The highest BCUT2D eigenvalue weighted by Crippen LogP contribution is 2.37. The Labute approximate surface area is 126 Å². The first kappa shape index (κ1) is 16.4. The molecule has 4 heteroatoms. The van der Waals surface area contributed by atoms with Gasteiger partial charge in [-0.3, -0.25) is 0 Å². The molecule has 21 heavy (non-hydrogen) atoms. The summed E-state index contributed by atoms with van der Waals surface area (Å²) in [4.78, 5) is 0. The van der Waals surface area contributed by atoms with Crippen molar-refractivity contribution in [3.63, 3.8) is 0 Å². The molecule has 1 aliphatic rings. The van der Waals surface area contributed by atoms with E-state index in [1.807, 2.05) is 37.3 Å². The molecule has 1 aromatic rings. The predicted molar refractivity (Wildman–Crippen MR) is 80.9 cm³/mol. The molecule has 1 unspecified atom stereocenters. The SMILES string of the molecule is CC(C)(O)C1CC[C@@](C)([C@H](O)COCc2ccccc2)O1. The van der Waals surface area contributed by atoms with Crippen molar-refractivity contribution >= 4 is 0 Å². The van der Waals surface area contributed by atoms with E-state index < -0.39 is 17.3 Å². The van der Waals surface area contributed by atoms with Gasteiger partial charge in [0.1, 0.15) is 6.10 Å². The fourth-order valence-electron chi connectivity index (χ4n) is 2.64. The third kappa shape index (κ3) is 4.27. The molecular formula is C17H26O4. The average Bonchev–Trinajstić information content (AvgIpc) is 2.84. The van der Waals surface area contributed by atoms with Crippen LogP contribution < -0.4 is 0 Å². The van der Waals surface area contributed by atoms with Gasteiger partial charge < -0.3 is 19.7 Å². The fraction of sp³-hybridized carbons (Fsp3) is 0.647. The van der Waals surface area contributed by atoms with Gasteiger partial charge in [0.25, 0.3) is 0 Å². The van der Waals surface area contributed by atoms with Crippen LogP contribution in [0.4, 0.5) is 0 Å². The minimum absolute atomic E-state index is 0.226. The Bertz CT molecular complexity index is 440. The molecule has 0 amide bonds. The van der Waals surface area contributed by atoms with Gasteiger partial charge in [-0.2, -0.15) is 0 Å². The molecule has 0 saturated carbocycles. The first-order valence-corrected chi connectivity index (χ1v) is 7.51. The summed E-state index contributed by atoms with van der Waals surface area (Å²) in [7, 11) is 0. The molecule has 1 aliphatic heterocycles. The molecule has 0 aromatic heterocycles. The number of aliphatic hydroxyl groups is 2. The smallest absolute Gasteiger partial charge is 0.106 e. The van der Waals surface area contributed by atoms with Crippen LogP contribution in [0, 0.1) is 0 Å².